The molecular weight excluding hydrogens is 376 g/mol. The first-order chi connectivity index (χ1) is 13.4. The van der Waals surface area contributed by atoms with E-state index in [1.54, 1.807) is 18.9 Å². The van der Waals surface area contributed by atoms with Crippen molar-refractivity contribution in [3.8, 4) is 11.5 Å². The molecule has 0 bridgehead atoms. The van der Waals surface area contributed by atoms with Crippen LogP contribution in [-0.2, 0) is 4.79 Å². The number of nitrogens with one attached hydrogen (secondary N) is 1. The number of methoxy groups -OCH3 is 2. The summed E-state index contributed by atoms with van der Waals surface area (Å²) in [5, 5.41) is 8.65. The molecule has 1 aliphatic heterocycles. The van der Waals surface area contributed by atoms with Gasteiger partial charge in [-0.1, -0.05) is 43.8 Å². The van der Waals surface area contributed by atoms with Crippen molar-refractivity contribution in [3.05, 3.63) is 35.5 Å². The number of aromatic nitrogens is 3. The molecule has 0 fully saturated rings. The molecule has 2 atom stereocenters. The van der Waals surface area contributed by atoms with Crippen LogP contribution >= 0.6 is 11.8 Å². The molecule has 4 rings (SSSR count). The van der Waals surface area contributed by atoms with Gasteiger partial charge in [0.25, 0.3) is 0 Å². The lowest BCUT2D eigenvalue weighted by Gasteiger charge is -2.40. The Balaban J connectivity index is 1.96. The predicted molar refractivity (Wildman–Crippen MR) is 108 cm³/mol. The lowest BCUT2D eigenvalue weighted by atomic mass is 9.72. The highest BCUT2D eigenvalue weighted by atomic mass is 32.2. The maximum atomic E-state index is 13.2. The number of allylic oxidation sites excluding steroid dienone is 2. The maximum Gasteiger partial charge on any atom is 0.227 e. The Morgan fingerprint density at radius 1 is 1.29 bits per heavy atom. The van der Waals surface area contributed by atoms with Crippen LogP contribution in [0.1, 0.15) is 31.9 Å². The molecule has 2 heterocycles. The van der Waals surface area contributed by atoms with Gasteiger partial charge < -0.3 is 14.8 Å². The second kappa shape index (κ2) is 6.84. The van der Waals surface area contributed by atoms with Crippen molar-refractivity contribution in [1.82, 2.24) is 14.8 Å². The molecule has 7 nitrogen and oxygen atoms in total. The smallest absolute Gasteiger partial charge is 0.227 e. The van der Waals surface area contributed by atoms with Gasteiger partial charge in [0, 0.05) is 17.7 Å². The van der Waals surface area contributed by atoms with E-state index in [0.29, 0.717) is 29.0 Å². The van der Waals surface area contributed by atoms with Crippen molar-refractivity contribution in [2.24, 2.45) is 11.3 Å². The molecule has 28 heavy (non-hydrogen) atoms. The fourth-order valence-electron chi connectivity index (χ4n) is 4.15. The van der Waals surface area contributed by atoms with Gasteiger partial charge in [-0.25, -0.2) is 4.68 Å². The number of Topliss-reactive ketones (excluding diaryl/α,β-unsaturated/α-hetero) is 1. The summed E-state index contributed by atoms with van der Waals surface area (Å²) in [6, 6.07) is 5.36. The number of fused-ring (bicyclic) bond motifs is 2. The molecule has 2 aromatic rings. The van der Waals surface area contributed by atoms with Gasteiger partial charge in [-0.2, -0.15) is 4.98 Å². The van der Waals surface area contributed by atoms with E-state index in [9.17, 15) is 4.79 Å². The van der Waals surface area contributed by atoms with Gasteiger partial charge in [0.05, 0.1) is 26.2 Å². The average Bonchev–Trinajstić information content (AvgIpc) is 3.07. The maximum absolute atomic E-state index is 13.2. The Morgan fingerprint density at radius 2 is 2.07 bits per heavy atom. The number of carbonyl (C=O) groups excluding carboxylic acids is 1. The number of rotatable bonds is 4. The number of nitrogens with zero attached hydrogens (tertiary/aromatic N) is 3. The van der Waals surface area contributed by atoms with E-state index in [2.05, 4.69) is 35.3 Å². The number of anilines is 1. The zero-order chi connectivity index (χ0) is 20.1. The summed E-state index contributed by atoms with van der Waals surface area (Å²) >= 11 is 1.47. The van der Waals surface area contributed by atoms with Crippen LogP contribution in [0.25, 0.3) is 0 Å². The van der Waals surface area contributed by atoms with E-state index in [0.717, 1.165) is 11.3 Å². The summed E-state index contributed by atoms with van der Waals surface area (Å²) in [5.74, 6) is 1.67. The molecule has 1 N–H and O–H groups in total. The lowest BCUT2D eigenvalue weighted by Crippen LogP contribution is -2.42. The zero-order valence-corrected chi connectivity index (χ0v) is 17.5. The van der Waals surface area contributed by atoms with Crippen LogP contribution in [-0.4, -0.2) is 41.0 Å². The normalized spacial score (nSPS) is 22.6. The number of hydrogen-bond acceptors (Lipinski definition) is 7. The molecule has 1 aliphatic carbocycles. The average molecular weight is 401 g/mol. The van der Waals surface area contributed by atoms with E-state index in [4.69, 9.17) is 9.47 Å². The van der Waals surface area contributed by atoms with E-state index in [1.165, 1.54) is 11.8 Å². The highest BCUT2D eigenvalue weighted by molar-refractivity contribution is 7.98. The molecule has 0 saturated heterocycles. The summed E-state index contributed by atoms with van der Waals surface area (Å²) in [6.07, 6.45) is 4.56. The minimum Gasteiger partial charge on any atom is -0.493 e. The molecule has 1 aromatic heterocycles. The number of para-hydroxylation sites is 1. The van der Waals surface area contributed by atoms with Crippen molar-refractivity contribution >= 4 is 23.5 Å². The first-order valence-electron chi connectivity index (χ1n) is 9.12. The van der Waals surface area contributed by atoms with Crippen LogP contribution < -0.4 is 14.8 Å². The number of benzene rings is 1. The lowest BCUT2D eigenvalue weighted by molar-refractivity contribution is -0.125. The highest BCUT2D eigenvalue weighted by Gasteiger charge is 2.46. The van der Waals surface area contributed by atoms with E-state index < -0.39 is 0 Å². The number of thioether (sulfide) groups is 1. The SMILES string of the molecule is COc1cccc([C@@H]2[C@H]3C(=O)CC(C)(C)C=C3Nc3nc(SC)nn32)c1OC. The van der Waals surface area contributed by atoms with Crippen LogP contribution in [0.2, 0.25) is 0 Å². The number of hydrogen-bond donors (Lipinski definition) is 1. The van der Waals surface area contributed by atoms with Crippen LogP contribution in [0.15, 0.2) is 35.1 Å². The van der Waals surface area contributed by atoms with Crippen molar-refractivity contribution in [2.75, 3.05) is 25.8 Å². The molecule has 0 saturated carbocycles. The van der Waals surface area contributed by atoms with Crippen molar-refractivity contribution < 1.29 is 14.3 Å². The molecule has 148 valence electrons. The van der Waals surface area contributed by atoms with E-state index >= 15 is 0 Å². The fraction of sp³-hybridized carbons (Fsp3) is 0.450. The van der Waals surface area contributed by atoms with Gasteiger partial charge >= 0.3 is 0 Å². The zero-order valence-electron chi connectivity index (χ0n) is 16.6. The Morgan fingerprint density at radius 3 is 2.75 bits per heavy atom. The molecule has 8 heteroatoms. The third-order valence-electron chi connectivity index (χ3n) is 5.24. The Hall–Kier alpha value is -2.48. The van der Waals surface area contributed by atoms with Crippen LogP contribution in [0.5, 0.6) is 11.5 Å². The largest absolute Gasteiger partial charge is 0.493 e. The van der Waals surface area contributed by atoms with Gasteiger partial charge in [-0.3, -0.25) is 4.79 Å². The number of ether oxygens (including phenoxy) is 2. The monoisotopic (exact) mass is 400 g/mol. The molecule has 1 aromatic carbocycles. The minimum atomic E-state index is -0.377. The van der Waals surface area contributed by atoms with Gasteiger partial charge in [-0.15, -0.1) is 5.10 Å². The third-order valence-corrected chi connectivity index (χ3v) is 5.78. The van der Waals surface area contributed by atoms with E-state index in [1.807, 2.05) is 24.5 Å². The Bertz CT molecular complexity index is 966. The summed E-state index contributed by atoms with van der Waals surface area (Å²) in [4.78, 5) is 17.8. The Kier molecular flexibility index (Phi) is 4.61. The predicted octanol–water partition coefficient (Wildman–Crippen LogP) is 3.53. The standard InChI is InChI=1S/C20H24N4O3S/c1-20(2)9-12-15(13(25)10-20)16(24-18(21-12)22-19(23-24)28-5)11-7-6-8-14(26-3)17(11)27-4/h6-9,15-16H,10H2,1-5H3,(H,21,22,23)/t15-,16-/m1/s1. The summed E-state index contributed by atoms with van der Waals surface area (Å²) in [5.41, 5.74) is 1.53. The van der Waals surface area contributed by atoms with Gasteiger partial charge in [0.2, 0.25) is 11.1 Å². The van der Waals surface area contributed by atoms with E-state index in [-0.39, 0.29) is 23.2 Å². The van der Waals surface area contributed by atoms with Crippen LogP contribution in [0.3, 0.4) is 0 Å². The second-order valence-corrected chi connectivity index (χ2v) is 8.50. The molecular formula is C20H24N4O3S. The quantitative estimate of drug-likeness (QED) is 0.787. The van der Waals surface area contributed by atoms with Gasteiger partial charge in [0.15, 0.2) is 11.5 Å². The second-order valence-electron chi connectivity index (χ2n) is 7.73. The third kappa shape index (κ3) is 2.96. The molecule has 0 unspecified atom stereocenters. The summed E-state index contributed by atoms with van der Waals surface area (Å²) < 4.78 is 13.0. The van der Waals surface area contributed by atoms with Gasteiger partial charge in [0.1, 0.15) is 5.78 Å². The fourth-order valence-corrected chi connectivity index (χ4v) is 4.50. The summed E-state index contributed by atoms with van der Waals surface area (Å²) in [6.45, 7) is 4.15. The molecule has 2 aliphatic rings. The summed E-state index contributed by atoms with van der Waals surface area (Å²) in [7, 11) is 3.22. The number of ketones is 1. The first kappa shape index (κ1) is 18.9. The van der Waals surface area contributed by atoms with Gasteiger partial charge in [-0.05, 0) is 17.7 Å². The van der Waals surface area contributed by atoms with Crippen LogP contribution in [0.4, 0.5) is 5.95 Å². The highest BCUT2D eigenvalue weighted by Crippen LogP contribution is 2.48. The topological polar surface area (TPSA) is 78.3 Å². The molecule has 0 radical (unpaired) electrons. The van der Waals surface area contributed by atoms with Crippen LogP contribution in [0, 0.1) is 11.3 Å². The number of carbonyl (C=O) groups is 1. The minimum absolute atomic E-state index is 0.178. The Labute approximate surface area is 168 Å². The van der Waals surface area contributed by atoms with Crippen molar-refractivity contribution in [1.29, 1.82) is 0 Å². The first-order valence-corrected chi connectivity index (χ1v) is 10.3. The van der Waals surface area contributed by atoms with Crippen molar-refractivity contribution in [3.63, 3.8) is 0 Å². The van der Waals surface area contributed by atoms with Crippen molar-refractivity contribution in [2.45, 2.75) is 31.5 Å². The molecule has 0 amide bonds. The molecule has 0 spiro atoms.